The number of fused-ring (bicyclic) bond motifs is 1. The lowest BCUT2D eigenvalue weighted by Crippen LogP contribution is -2.47. The van der Waals surface area contributed by atoms with Gasteiger partial charge in [-0.3, -0.25) is 9.79 Å². The summed E-state index contributed by atoms with van der Waals surface area (Å²) in [7, 11) is 1.80. The Hall–Kier alpha value is -1.84. The maximum Gasteiger partial charge on any atom is 0.217 e. The van der Waals surface area contributed by atoms with Crippen LogP contribution < -0.4 is 11.1 Å². The molecular formula is C19H29IN6O. The van der Waals surface area contributed by atoms with Crippen LogP contribution in [0.4, 0.5) is 0 Å². The van der Waals surface area contributed by atoms with Crippen molar-refractivity contribution in [3.63, 3.8) is 0 Å². The highest BCUT2D eigenvalue weighted by molar-refractivity contribution is 14.0. The SMILES string of the molecule is CN=C(NCCc1cn2cccc(C)c2n1)N1CCCC(CC(N)=O)C1.I. The topological polar surface area (TPSA) is 88.0 Å². The Morgan fingerprint density at radius 1 is 1.48 bits per heavy atom. The van der Waals surface area contributed by atoms with Gasteiger partial charge in [0.2, 0.25) is 5.91 Å². The van der Waals surface area contributed by atoms with Gasteiger partial charge in [-0.05, 0) is 37.3 Å². The van der Waals surface area contributed by atoms with Gasteiger partial charge < -0.3 is 20.4 Å². The van der Waals surface area contributed by atoms with E-state index in [1.54, 1.807) is 7.05 Å². The van der Waals surface area contributed by atoms with E-state index in [0.29, 0.717) is 12.3 Å². The highest BCUT2D eigenvalue weighted by Gasteiger charge is 2.23. The van der Waals surface area contributed by atoms with Crippen LogP contribution in [0.1, 0.15) is 30.5 Å². The highest BCUT2D eigenvalue weighted by atomic mass is 127. The number of guanidine groups is 1. The zero-order chi connectivity index (χ0) is 18.5. The van der Waals surface area contributed by atoms with Crippen LogP contribution in [0.25, 0.3) is 5.65 Å². The molecule has 7 nitrogen and oxygen atoms in total. The first-order chi connectivity index (χ1) is 12.6. The molecule has 0 saturated carbocycles. The first-order valence-corrected chi connectivity index (χ1v) is 9.24. The number of hydrogen-bond donors (Lipinski definition) is 2. The summed E-state index contributed by atoms with van der Waals surface area (Å²) in [5.74, 6) is 0.988. The van der Waals surface area contributed by atoms with E-state index >= 15 is 0 Å². The number of nitrogens with zero attached hydrogens (tertiary/aromatic N) is 4. The Bertz CT molecular complexity index is 803. The monoisotopic (exact) mass is 484 g/mol. The second-order valence-corrected chi connectivity index (χ2v) is 7.00. The van der Waals surface area contributed by atoms with Crippen molar-refractivity contribution in [2.75, 3.05) is 26.7 Å². The summed E-state index contributed by atoms with van der Waals surface area (Å²) < 4.78 is 2.07. The van der Waals surface area contributed by atoms with Gasteiger partial charge in [0.25, 0.3) is 0 Å². The summed E-state index contributed by atoms with van der Waals surface area (Å²) in [5.41, 5.74) is 8.60. The van der Waals surface area contributed by atoms with Gasteiger partial charge in [-0.15, -0.1) is 24.0 Å². The predicted octanol–water partition coefficient (Wildman–Crippen LogP) is 1.97. The summed E-state index contributed by atoms with van der Waals surface area (Å²) in [4.78, 5) is 22.5. The summed E-state index contributed by atoms with van der Waals surface area (Å²) in [6.07, 6.45) is 7.50. The van der Waals surface area contributed by atoms with Crippen molar-refractivity contribution in [3.8, 4) is 0 Å². The van der Waals surface area contributed by atoms with E-state index in [1.807, 2.05) is 12.3 Å². The Morgan fingerprint density at radius 3 is 3.00 bits per heavy atom. The standard InChI is InChI=1S/C19H28N6O.HI/c1-14-5-3-9-24-13-16(23-18(14)24)7-8-22-19(21-2)25-10-4-6-15(12-25)11-17(20)26;/h3,5,9,13,15H,4,6-8,10-12H2,1-2H3,(H2,20,26)(H,21,22);1H. The van der Waals surface area contributed by atoms with Gasteiger partial charge in [-0.25, -0.2) is 4.98 Å². The number of primary amides is 1. The number of carbonyl (C=O) groups is 1. The average molecular weight is 484 g/mol. The molecule has 1 amide bonds. The Kier molecular flexibility index (Phi) is 7.88. The molecular weight excluding hydrogens is 455 g/mol. The number of piperidine rings is 1. The van der Waals surface area contributed by atoms with E-state index in [0.717, 1.165) is 56.2 Å². The number of aromatic nitrogens is 2. The number of aryl methyl sites for hydroxylation is 1. The molecule has 1 unspecified atom stereocenters. The fourth-order valence-electron chi connectivity index (χ4n) is 3.67. The summed E-state index contributed by atoms with van der Waals surface area (Å²) in [5, 5.41) is 3.43. The molecule has 0 spiro atoms. The van der Waals surface area contributed by atoms with E-state index in [9.17, 15) is 4.79 Å². The molecule has 0 aromatic carbocycles. The molecule has 1 saturated heterocycles. The minimum atomic E-state index is -0.220. The van der Waals surface area contributed by atoms with Crippen LogP contribution in [-0.4, -0.2) is 52.8 Å². The quantitative estimate of drug-likeness (QED) is 0.386. The van der Waals surface area contributed by atoms with Crippen LogP contribution in [0.3, 0.4) is 0 Å². The molecule has 1 fully saturated rings. The van der Waals surface area contributed by atoms with Crippen LogP contribution >= 0.6 is 24.0 Å². The smallest absolute Gasteiger partial charge is 0.217 e. The van der Waals surface area contributed by atoms with Crippen molar-refractivity contribution in [2.45, 2.75) is 32.6 Å². The van der Waals surface area contributed by atoms with Crippen molar-refractivity contribution in [3.05, 3.63) is 35.8 Å². The van der Waals surface area contributed by atoms with Crippen molar-refractivity contribution in [1.29, 1.82) is 0 Å². The first kappa shape index (κ1) is 21.5. The number of hydrogen-bond acceptors (Lipinski definition) is 3. The Balaban J connectivity index is 0.00000261. The third-order valence-electron chi connectivity index (χ3n) is 4.91. The second kappa shape index (κ2) is 9.91. The largest absolute Gasteiger partial charge is 0.370 e. The van der Waals surface area contributed by atoms with Crippen LogP contribution in [0.15, 0.2) is 29.5 Å². The molecule has 0 radical (unpaired) electrons. The molecule has 148 valence electrons. The lowest BCUT2D eigenvalue weighted by molar-refractivity contribution is -0.119. The van der Waals surface area contributed by atoms with E-state index in [1.165, 1.54) is 5.56 Å². The molecule has 3 heterocycles. The van der Waals surface area contributed by atoms with Crippen LogP contribution in [0, 0.1) is 12.8 Å². The zero-order valence-electron chi connectivity index (χ0n) is 16.0. The molecule has 3 N–H and O–H groups in total. The maximum absolute atomic E-state index is 11.2. The normalized spacial score (nSPS) is 17.6. The third-order valence-corrected chi connectivity index (χ3v) is 4.91. The minimum Gasteiger partial charge on any atom is -0.370 e. The van der Waals surface area contributed by atoms with Crippen LogP contribution in [0.5, 0.6) is 0 Å². The number of nitrogens with two attached hydrogens (primary N) is 1. The van der Waals surface area contributed by atoms with Gasteiger partial charge in [0, 0.05) is 51.9 Å². The van der Waals surface area contributed by atoms with Crippen molar-refractivity contribution in [2.24, 2.45) is 16.6 Å². The molecule has 27 heavy (non-hydrogen) atoms. The van der Waals surface area contributed by atoms with E-state index < -0.39 is 0 Å². The summed E-state index contributed by atoms with van der Waals surface area (Å²) in [6, 6.07) is 4.11. The molecule has 3 rings (SSSR count). The number of nitrogens with one attached hydrogen (secondary N) is 1. The van der Waals surface area contributed by atoms with Crippen LogP contribution in [-0.2, 0) is 11.2 Å². The zero-order valence-corrected chi connectivity index (χ0v) is 18.3. The average Bonchev–Trinajstić information content (AvgIpc) is 3.03. The van der Waals surface area contributed by atoms with Crippen LogP contribution in [0.2, 0.25) is 0 Å². The lowest BCUT2D eigenvalue weighted by atomic mass is 9.95. The summed E-state index contributed by atoms with van der Waals surface area (Å²) >= 11 is 0. The fraction of sp³-hybridized carbons (Fsp3) is 0.526. The fourth-order valence-corrected chi connectivity index (χ4v) is 3.67. The van der Waals surface area contributed by atoms with Gasteiger partial charge >= 0.3 is 0 Å². The molecule has 0 aliphatic carbocycles. The van der Waals surface area contributed by atoms with Crippen molar-refractivity contribution in [1.82, 2.24) is 19.6 Å². The van der Waals surface area contributed by atoms with E-state index in [-0.39, 0.29) is 29.9 Å². The van der Waals surface area contributed by atoms with E-state index in [4.69, 9.17) is 10.7 Å². The van der Waals surface area contributed by atoms with Gasteiger partial charge in [-0.2, -0.15) is 0 Å². The number of aliphatic imine (C=N–C) groups is 1. The molecule has 1 aliphatic heterocycles. The molecule has 2 aromatic heterocycles. The lowest BCUT2D eigenvalue weighted by Gasteiger charge is -2.34. The molecule has 1 atom stereocenters. The maximum atomic E-state index is 11.2. The number of pyridine rings is 1. The Morgan fingerprint density at radius 2 is 2.30 bits per heavy atom. The van der Waals surface area contributed by atoms with Crippen molar-refractivity contribution < 1.29 is 4.79 Å². The van der Waals surface area contributed by atoms with Gasteiger partial charge in [0.05, 0.1) is 5.69 Å². The summed E-state index contributed by atoms with van der Waals surface area (Å²) in [6.45, 7) is 4.64. The number of carbonyl (C=O) groups excluding carboxylic acids is 1. The molecule has 2 aromatic rings. The number of rotatable bonds is 5. The number of halogens is 1. The Labute approximate surface area is 177 Å². The number of likely N-dealkylation sites (tertiary alicyclic amines) is 1. The van der Waals surface area contributed by atoms with Gasteiger partial charge in [-0.1, -0.05) is 6.07 Å². The van der Waals surface area contributed by atoms with Crippen molar-refractivity contribution >= 4 is 41.5 Å². The first-order valence-electron chi connectivity index (χ1n) is 9.24. The minimum absolute atomic E-state index is 0. The number of imidazole rings is 1. The highest BCUT2D eigenvalue weighted by Crippen LogP contribution is 2.19. The van der Waals surface area contributed by atoms with E-state index in [2.05, 4.69) is 38.8 Å². The predicted molar refractivity (Wildman–Crippen MR) is 119 cm³/mol. The molecule has 0 bridgehead atoms. The second-order valence-electron chi connectivity index (χ2n) is 7.00. The number of amides is 1. The molecule has 8 heteroatoms. The van der Waals surface area contributed by atoms with Gasteiger partial charge in [0.15, 0.2) is 5.96 Å². The third kappa shape index (κ3) is 5.57. The van der Waals surface area contributed by atoms with Gasteiger partial charge in [0.1, 0.15) is 5.65 Å². The molecule has 1 aliphatic rings.